The average Bonchev–Trinajstić information content (AvgIpc) is 2.95. The van der Waals surface area contributed by atoms with Crippen LogP contribution in [0.4, 0.5) is 5.69 Å². The Bertz CT molecular complexity index is 1420. The Kier molecular flexibility index (Phi) is 10.8. The molecular formula is C30H36BrN3O5S. The molecule has 0 aliphatic rings. The second-order valence-corrected chi connectivity index (χ2v) is 12.4. The van der Waals surface area contributed by atoms with Gasteiger partial charge in [0.05, 0.1) is 22.2 Å². The number of nitrogens with zero attached hydrogens (tertiary/aromatic N) is 2. The van der Waals surface area contributed by atoms with Crippen molar-refractivity contribution in [3.63, 3.8) is 0 Å². The number of ether oxygens (including phenoxy) is 1. The highest BCUT2D eigenvalue weighted by molar-refractivity contribution is 9.10. The van der Waals surface area contributed by atoms with Gasteiger partial charge in [0.2, 0.25) is 11.8 Å². The van der Waals surface area contributed by atoms with Crippen molar-refractivity contribution in [1.82, 2.24) is 10.2 Å². The van der Waals surface area contributed by atoms with Crippen molar-refractivity contribution >= 4 is 43.5 Å². The van der Waals surface area contributed by atoms with Gasteiger partial charge in [-0.2, -0.15) is 0 Å². The molecule has 0 spiro atoms. The van der Waals surface area contributed by atoms with E-state index in [0.29, 0.717) is 15.9 Å². The van der Waals surface area contributed by atoms with E-state index in [-0.39, 0.29) is 23.4 Å². The Morgan fingerprint density at radius 2 is 1.65 bits per heavy atom. The Hall–Kier alpha value is -3.37. The smallest absolute Gasteiger partial charge is 0.264 e. The molecule has 3 aromatic carbocycles. The minimum atomic E-state index is -4.19. The number of methoxy groups -OCH3 is 1. The number of anilines is 1. The maximum Gasteiger partial charge on any atom is 0.264 e. The molecule has 0 unspecified atom stereocenters. The van der Waals surface area contributed by atoms with Crippen LogP contribution in [0.25, 0.3) is 0 Å². The summed E-state index contributed by atoms with van der Waals surface area (Å²) in [5.41, 5.74) is 2.10. The number of amides is 2. The molecule has 3 aromatic rings. The van der Waals surface area contributed by atoms with E-state index in [1.165, 1.54) is 24.1 Å². The highest BCUT2D eigenvalue weighted by Gasteiger charge is 2.33. The van der Waals surface area contributed by atoms with E-state index in [1.54, 1.807) is 37.3 Å². The van der Waals surface area contributed by atoms with Crippen LogP contribution in [0.3, 0.4) is 0 Å². The summed E-state index contributed by atoms with van der Waals surface area (Å²) >= 11 is 3.36. The molecule has 0 fully saturated rings. The third kappa shape index (κ3) is 7.63. The van der Waals surface area contributed by atoms with Gasteiger partial charge in [-0.1, -0.05) is 55.0 Å². The SMILES string of the molecule is CC[C@H](C)NC(=O)[C@@H](C)N(Cc1ccccc1)C(=O)CN(c1ccc(C)cc1)S(=O)(=O)c1ccc(OC)c(Br)c1. The zero-order valence-electron chi connectivity index (χ0n) is 23.4. The van der Waals surface area contributed by atoms with Crippen LogP contribution in [0.1, 0.15) is 38.3 Å². The topological polar surface area (TPSA) is 96.0 Å². The first-order valence-corrected chi connectivity index (χ1v) is 15.3. The molecule has 0 bridgehead atoms. The second kappa shape index (κ2) is 13.8. The van der Waals surface area contributed by atoms with Gasteiger partial charge in [0.25, 0.3) is 10.0 Å². The van der Waals surface area contributed by atoms with E-state index >= 15 is 0 Å². The molecule has 10 heteroatoms. The van der Waals surface area contributed by atoms with E-state index in [9.17, 15) is 18.0 Å². The van der Waals surface area contributed by atoms with Crippen molar-refractivity contribution in [2.24, 2.45) is 0 Å². The van der Waals surface area contributed by atoms with Gasteiger partial charge in [-0.25, -0.2) is 8.42 Å². The molecule has 2 amide bonds. The first-order chi connectivity index (χ1) is 19.0. The number of hydrogen-bond acceptors (Lipinski definition) is 5. The molecule has 2 atom stereocenters. The lowest BCUT2D eigenvalue weighted by molar-refractivity contribution is -0.139. The fourth-order valence-electron chi connectivity index (χ4n) is 4.00. The van der Waals surface area contributed by atoms with E-state index in [1.807, 2.05) is 51.1 Å². The van der Waals surface area contributed by atoms with Gasteiger partial charge in [0, 0.05) is 12.6 Å². The summed E-state index contributed by atoms with van der Waals surface area (Å²) in [6.07, 6.45) is 0.738. The summed E-state index contributed by atoms with van der Waals surface area (Å²) < 4.78 is 34.8. The predicted molar refractivity (Wildman–Crippen MR) is 161 cm³/mol. The lowest BCUT2D eigenvalue weighted by Gasteiger charge is -2.32. The largest absolute Gasteiger partial charge is 0.496 e. The molecule has 0 aliphatic carbocycles. The van der Waals surface area contributed by atoms with Crippen molar-refractivity contribution in [1.29, 1.82) is 0 Å². The lowest BCUT2D eigenvalue weighted by Crippen LogP contribution is -2.52. The monoisotopic (exact) mass is 629 g/mol. The van der Waals surface area contributed by atoms with Gasteiger partial charge >= 0.3 is 0 Å². The summed E-state index contributed by atoms with van der Waals surface area (Å²) in [4.78, 5) is 28.5. The zero-order valence-corrected chi connectivity index (χ0v) is 25.8. The number of carbonyl (C=O) groups is 2. The first kappa shape index (κ1) is 31.2. The van der Waals surface area contributed by atoms with Gasteiger partial charge in [-0.15, -0.1) is 0 Å². The van der Waals surface area contributed by atoms with E-state index < -0.39 is 28.5 Å². The molecule has 0 saturated heterocycles. The number of hydrogen-bond donors (Lipinski definition) is 1. The molecule has 0 radical (unpaired) electrons. The van der Waals surface area contributed by atoms with Crippen LogP contribution >= 0.6 is 15.9 Å². The normalized spacial score (nSPS) is 12.8. The zero-order chi connectivity index (χ0) is 29.4. The first-order valence-electron chi connectivity index (χ1n) is 13.0. The molecule has 214 valence electrons. The Labute approximate surface area is 245 Å². The molecule has 0 saturated carbocycles. The lowest BCUT2D eigenvalue weighted by atomic mass is 10.1. The maximum atomic E-state index is 14.0. The fraction of sp³-hybridized carbons (Fsp3) is 0.333. The standard InChI is InChI=1S/C30H36BrN3O5S/c1-6-22(3)32-30(36)23(4)33(19-24-10-8-7-9-11-24)29(35)20-34(25-14-12-21(2)13-15-25)40(37,38)26-16-17-28(39-5)27(31)18-26/h7-18,22-23H,6,19-20H2,1-5H3,(H,32,36)/t22-,23+/m0/s1. The van der Waals surface area contributed by atoms with Gasteiger partial charge in [-0.3, -0.25) is 13.9 Å². The summed E-state index contributed by atoms with van der Waals surface area (Å²) in [5.74, 6) is -0.332. The Balaban J connectivity index is 2.03. The van der Waals surface area contributed by atoms with Gasteiger partial charge in [-0.05, 0) is 79.0 Å². The van der Waals surface area contributed by atoms with Gasteiger partial charge in [0.15, 0.2) is 0 Å². The summed E-state index contributed by atoms with van der Waals surface area (Å²) in [7, 11) is -2.69. The van der Waals surface area contributed by atoms with E-state index in [0.717, 1.165) is 21.9 Å². The summed E-state index contributed by atoms with van der Waals surface area (Å²) in [6.45, 7) is 7.06. The van der Waals surface area contributed by atoms with E-state index in [2.05, 4.69) is 21.2 Å². The highest BCUT2D eigenvalue weighted by atomic mass is 79.9. The molecule has 8 nitrogen and oxygen atoms in total. The van der Waals surface area contributed by atoms with Crippen LogP contribution in [-0.4, -0.2) is 50.9 Å². The molecule has 1 N–H and O–H groups in total. The van der Waals surface area contributed by atoms with Gasteiger partial charge < -0.3 is 15.0 Å². The third-order valence-electron chi connectivity index (χ3n) is 6.68. The fourth-order valence-corrected chi connectivity index (χ4v) is 6.14. The maximum absolute atomic E-state index is 14.0. The number of sulfonamides is 1. The number of nitrogens with one attached hydrogen (secondary N) is 1. The molecule has 40 heavy (non-hydrogen) atoms. The highest BCUT2D eigenvalue weighted by Crippen LogP contribution is 2.31. The summed E-state index contributed by atoms with van der Waals surface area (Å²) in [5, 5.41) is 2.93. The molecule has 0 aliphatic heterocycles. The van der Waals surface area contributed by atoms with Crippen LogP contribution in [0.2, 0.25) is 0 Å². The molecule has 0 heterocycles. The van der Waals surface area contributed by atoms with Crippen LogP contribution < -0.4 is 14.4 Å². The number of carbonyl (C=O) groups excluding carboxylic acids is 2. The van der Waals surface area contributed by atoms with Crippen molar-refractivity contribution < 1.29 is 22.7 Å². The minimum absolute atomic E-state index is 0.00859. The van der Waals surface area contributed by atoms with Crippen molar-refractivity contribution in [3.05, 3.63) is 88.4 Å². The van der Waals surface area contributed by atoms with E-state index in [4.69, 9.17) is 4.74 Å². The van der Waals surface area contributed by atoms with Crippen LogP contribution in [0, 0.1) is 6.92 Å². The molecule has 0 aromatic heterocycles. The van der Waals surface area contributed by atoms with Crippen LogP contribution in [0.15, 0.2) is 82.2 Å². The number of rotatable bonds is 12. The van der Waals surface area contributed by atoms with Crippen molar-refractivity contribution in [2.45, 2.75) is 57.6 Å². The quantitative estimate of drug-likeness (QED) is 0.294. The van der Waals surface area contributed by atoms with Gasteiger partial charge in [0.1, 0.15) is 18.3 Å². The number of aryl methyl sites for hydroxylation is 1. The van der Waals surface area contributed by atoms with Crippen LogP contribution in [0.5, 0.6) is 5.75 Å². The minimum Gasteiger partial charge on any atom is -0.496 e. The summed E-state index contributed by atoms with van der Waals surface area (Å²) in [6, 6.07) is 19.7. The molecular weight excluding hydrogens is 594 g/mol. The second-order valence-electron chi connectivity index (χ2n) is 9.64. The Morgan fingerprint density at radius 1 is 1.00 bits per heavy atom. The number of benzene rings is 3. The van der Waals surface area contributed by atoms with Crippen LogP contribution in [-0.2, 0) is 26.2 Å². The average molecular weight is 631 g/mol. The number of halogens is 1. The Morgan fingerprint density at radius 3 is 2.23 bits per heavy atom. The van der Waals surface area contributed by atoms with Crippen molar-refractivity contribution in [3.8, 4) is 5.75 Å². The predicted octanol–water partition coefficient (Wildman–Crippen LogP) is 5.29. The van der Waals surface area contributed by atoms with Crippen molar-refractivity contribution in [2.75, 3.05) is 18.0 Å². The molecule has 3 rings (SSSR count). The third-order valence-corrected chi connectivity index (χ3v) is 9.07.